The number of hydrogen-bond acceptors (Lipinski definition) is 3. The predicted molar refractivity (Wildman–Crippen MR) is 57.0 cm³/mol. The van der Waals surface area contributed by atoms with E-state index in [0.29, 0.717) is 6.54 Å². The van der Waals surface area contributed by atoms with Crippen LogP contribution in [-0.2, 0) is 0 Å². The van der Waals surface area contributed by atoms with Gasteiger partial charge in [-0.15, -0.1) is 0 Å². The molecule has 1 aliphatic heterocycles. The van der Waals surface area contributed by atoms with Crippen molar-refractivity contribution in [2.24, 2.45) is 10.7 Å². The Hall–Kier alpha value is -0.670. The van der Waals surface area contributed by atoms with E-state index < -0.39 is 0 Å². The number of rotatable bonds is 2. The number of nitrogens with one attached hydrogen (secondary N) is 1. The molecule has 1 heterocycles. The molecule has 3 N–H and O–H groups in total. The number of nitrogens with two attached hydrogens (primary N) is 1. The SMILES string of the molecule is NCCC1=N/CNCCCC/C=C\1. The van der Waals surface area contributed by atoms with Crippen molar-refractivity contribution in [1.29, 1.82) is 0 Å². The molecule has 0 aromatic carbocycles. The highest BCUT2D eigenvalue weighted by Crippen LogP contribution is 1.99. The van der Waals surface area contributed by atoms with Gasteiger partial charge in [-0.2, -0.15) is 0 Å². The third kappa shape index (κ3) is 4.80. The number of nitrogens with zero attached hydrogens (tertiary/aromatic N) is 1. The molecule has 3 nitrogen and oxygen atoms in total. The van der Waals surface area contributed by atoms with Crippen LogP contribution in [0.4, 0.5) is 0 Å². The molecule has 0 radical (unpaired) electrons. The summed E-state index contributed by atoms with van der Waals surface area (Å²) in [6.07, 6.45) is 8.87. The van der Waals surface area contributed by atoms with Gasteiger partial charge in [-0.1, -0.05) is 6.08 Å². The quantitative estimate of drug-likeness (QED) is 0.669. The maximum atomic E-state index is 5.48. The Labute approximate surface area is 80.1 Å². The zero-order valence-electron chi connectivity index (χ0n) is 8.13. The first kappa shape index (κ1) is 10.4. The molecule has 13 heavy (non-hydrogen) atoms. The Kier molecular flexibility index (Phi) is 5.45. The van der Waals surface area contributed by atoms with Crippen LogP contribution in [0, 0.1) is 0 Å². The normalized spacial score (nSPS) is 26.1. The van der Waals surface area contributed by atoms with Crippen LogP contribution in [-0.4, -0.2) is 25.5 Å². The molecule has 0 aromatic heterocycles. The summed E-state index contributed by atoms with van der Waals surface area (Å²) in [5, 5.41) is 3.28. The molecule has 0 unspecified atom stereocenters. The fourth-order valence-corrected chi connectivity index (χ4v) is 1.33. The third-order valence-electron chi connectivity index (χ3n) is 2.08. The molecule has 0 spiro atoms. The fourth-order valence-electron chi connectivity index (χ4n) is 1.33. The Balaban J connectivity index is 2.44. The van der Waals surface area contributed by atoms with E-state index in [2.05, 4.69) is 22.5 Å². The molecule has 3 heteroatoms. The van der Waals surface area contributed by atoms with E-state index in [-0.39, 0.29) is 0 Å². The number of allylic oxidation sites excluding steroid dienone is 2. The highest BCUT2D eigenvalue weighted by Gasteiger charge is 1.94. The molecular formula is C10H19N3. The molecule has 1 aliphatic rings. The topological polar surface area (TPSA) is 50.4 Å². The second kappa shape index (κ2) is 6.80. The summed E-state index contributed by atoms with van der Waals surface area (Å²) < 4.78 is 0. The van der Waals surface area contributed by atoms with Crippen LogP contribution >= 0.6 is 0 Å². The molecular weight excluding hydrogens is 162 g/mol. The van der Waals surface area contributed by atoms with Gasteiger partial charge in [0, 0.05) is 12.1 Å². The van der Waals surface area contributed by atoms with Crippen molar-refractivity contribution in [2.75, 3.05) is 19.8 Å². The summed E-state index contributed by atoms with van der Waals surface area (Å²) in [4.78, 5) is 4.41. The molecule has 1 rings (SSSR count). The molecule has 0 aliphatic carbocycles. The average Bonchev–Trinajstić information content (AvgIpc) is 2.16. The standard InChI is InChI=1S/C10H19N3/c11-7-6-10-5-3-1-2-4-8-12-9-13-10/h3,5,12H,1-2,4,6-9,11H2/b5-3-,13-10+. The Morgan fingerprint density at radius 1 is 1.46 bits per heavy atom. The third-order valence-corrected chi connectivity index (χ3v) is 2.08. The predicted octanol–water partition coefficient (Wildman–Crippen LogP) is 1.06. The van der Waals surface area contributed by atoms with Crippen LogP contribution in [0.3, 0.4) is 0 Å². The highest BCUT2D eigenvalue weighted by atomic mass is 15.0. The first-order valence-electron chi connectivity index (χ1n) is 5.04. The van der Waals surface area contributed by atoms with Crippen LogP contribution < -0.4 is 11.1 Å². The molecule has 0 bridgehead atoms. The van der Waals surface area contributed by atoms with Crippen molar-refractivity contribution in [2.45, 2.75) is 25.7 Å². The maximum Gasteiger partial charge on any atom is 0.0887 e. The summed E-state index contributed by atoms with van der Waals surface area (Å²) in [7, 11) is 0. The summed E-state index contributed by atoms with van der Waals surface area (Å²) in [5.41, 5.74) is 6.61. The van der Waals surface area contributed by atoms with Crippen LogP contribution in [0.15, 0.2) is 17.1 Å². The van der Waals surface area contributed by atoms with Crippen LogP contribution in [0.1, 0.15) is 25.7 Å². The van der Waals surface area contributed by atoms with Crippen molar-refractivity contribution in [3.63, 3.8) is 0 Å². The van der Waals surface area contributed by atoms with Gasteiger partial charge in [-0.05, 0) is 38.4 Å². The Bertz CT molecular complexity index is 185. The van der Waals surface area contributed by atoms with Crippen molar-refractivity contribution in [1.82, 2.24) is 5.32 Å². The van der Waals surface area contributed by atoms with Crippen molar-refractivity contribution in [3.05, 3.63) is 12.2 Å². The van der Waals surface area contributed by atoms with E-state index in [4.69, 9.17) is 5.73 Å². The lowest BCUT2D eigenvalue weighted by Gasteiger charge is -2.05. The van der Waals surface area contributed by atoms with Gasteiger partial charge < -0.3 is 5.73 Å². The second-order valence-corrected chi connectivity index (χ2v) is 3.24. The van der Waals surface area contributed by atoms with Gasteiger partial charge in [-0.3, -0.25) is 10.3 Å². The first-order chi connectivity index (χ1) is 6.43. The molecule has 0 atom stereocenters. The molecule has 0 amide bonds. The molecule has 0 fully saturated rings. The van der Waals surface area contributed by atoms with E-state index in [1.54, 1.807) is 0 Å². The molecule has 0 saturated carbocycles. The minimum atomic E-state index is 0.684. The monoisotopic (exact) mass is 181 g/mol. The van der Waals surface area contributed by atoms with Gasteiger partial charge in [0.15, 0.2) is 0 Å². The second-order valence-electron chi connectivity index (χ2n) is 3.24. The minimum absolute atomic E-state index is 0.684. The Morgan fingerprint density at radius 3 is 3.23 bits per heavy atom. The molecule has 0 aromatic rings. The van der Waals surface area contributed by atoms with Crippen LogP contribution in [0.2, 0.25) is 0 Å². The smallest absolute Gasteiger partial charge is 0.0887 e. The summed E-state index contributed by atoms with van der Waals surface area (Å²) in [6, 6.07) is 0. The first-order valence-corrected chi connectivity index (χ1v) is 5.04. The Morgan fingerprint density at radius 2 is 2.38 bits per heavy atom. The largest absolute Gasteiger partial charge is 0.330 e. The molecule has 74 valence electrons. The zero-order chi connectivity index (χ0) is 9.36. The van der Waals surface area contributed by atoms with Gasteiger partial charge in [0.05, 0.1) is 6.67 Å². The van der Waals surface area contributed by atoms with Gasteiger partial charge in [0.2, 0.25) is 0 Å². The minimum Gasteiger partial charge on any atom is -0.330 e. The van der Waals surface area contributed by atoms with E-state index in [1.807, 2.05) is 0 Å². The van der Waals surface area contributed by atoms with Gasteiger partial charge in [-0.25, -0.2) is 0 Å². The van der Waals surface area contributed by atoms with Crippen molar-refractivity contribution < 1.29 is 0 Å². The van der Waals surface area contributed by atoms with Crippen LogP contribution in [0.25, 0.3) is 0 Å². The average molecular weight is 181 g/mol. The zero-order valence-corrected chi connectivity index (χ0v) is 8.13. The molecule has 0 saturated heterocycles. The lowest BCUT2D eigenvalue weighted by Crippen LogP contribution is -2.17. The lowest BCUT2D eigenvalue weighted by atomic mass is 10.2. The van der Waals surface area contributed by atoms with E-state index in [0.717, 1.165) is 31.8 Å². The van der Waals surface area contributed by atoms with E-state index >= 15 is 0 Å². The van der Waals surface area contributed by atoms with Crippen molar-refractivity contribution >= 4 is 5.71 Å². The van der Waals surface area contributed by atoms with Gasteiger partial charge in [0.25, 0.3) is 0 Å². The van der Waals surface area contributed by atoms with Crippen LogP contribution in [0.5, 0.6) is 0 Å². The highest BCUT2D eigenvalue weighted by molar-refractivity contribution is 5.95. The summed E-state index contributed by atoms with van der Waals surface area (Å²) >= 11 is 0. The van der Waals surface area contributed by atoms with Gasteiger partial charge >= 0.3 is 0 Å². The summed E-state index contributed by atoms with van der Waals surface area (Å²) in [6.45, 7) is 2.50. The van der Waals surface area contributed by atoms with E-state index in [9.17, 15) is 0 Å². The van der Waals surface area contributed by atoms with E-state index in [1.165, 1.54) is 12.8 Å². The van der Waals surface area contributed by atoms with Crippen molar-refractivity contribution in [3.8, 4) is 0 Å². The fraction of sp³-hybridized carbons (Fsp3) is 0.700. The van der Waals surface area contributed by atoms with Gasteiger partial charge in [0.1, 0.15) is 0 Å². The lowest BCUT2D eigenvalue weighted by molar-refractivity contribution is 0.635. The summed E-state index contributed by atoms with van der Waals surface area (Å²) in [5.74, 6) is 0. The maximum absolute atomic E-state index is 5.48. The number of aliphatic imine (C=N–C) groups is 1. The number of hydrogen-bond donors (Lipinski definition) is 2.